The molecule has 0 saturated carbocycles. The van der Waals surface area contributed by atoms with Gasteiger partial charge in [0.2, 0.25) is 5.91 Å². The third-order valence-corrected chi connectivity index (χ3v) is 2.39. The average Bonchev–Trinajstić information content (AvgIpc) is 2.31. The van der Waals surface area contributed by atoms with Gasteiger partial charge in [-0.25, -0.2) is 0 Å². The van der Waals surface area contributed by atoms with Crippen molar-refractivity contribution in [2.75, 3.05) is 18.1 Å². The van der Waals surface area contributed by atoms with Gasteiger partial charge >= 0.3 is 5.97 Å². The van der Waals surface area contributed by atoms with E-state index in [0.29, 0.717) is 18.0 Å². The first-order valence-corrected chi connectivity index (χ1v) is 5.78. The molecule has 1 aromatic rings. The summed E-state index contributed by atoms with van der Waals surface area (Å²) in [5.41, 5.74) is 0.605. The fraction of sp³-hybridized carbons (Fsp3) is 0.385. The molecule has 0 aromatic heterocycles. The highest BCUT2D eigenvalue weighted by Gasteiger charge is 2.16. The van der Waals surface area contributed by atoms with E-state index < -0.39 is 5.97 Å². The summed E-state index contributed by atoms with van der Waals surface area (Å²) < 4.78 is 5.43. The number of amides is 1. The largest absolute Gasteiger partial charge is 0.492 e. The number of anilines is 1. The lowest BCUT2D eigenvalue weighted by Crippen LogP contribution is -2.31. The van der Waals surface area contributed by atoms with Gasteiger partial charge in [-0.2, -0.15) is 0 Å². The van der Waals surface area contributed by atoms with Gasteiger partial charge in [-0.15, -0.1) is 0 Å². The van der Waals surface area contributed by atoms with E-state index in [9.17, 15) is 9.59 Å². The predicted octanol–water partition coefficient (Wildman–Crippen LogP) is 1.91. The van der Waals surface area contributed by atoms with Crippen LogP contribution in [0.5, 0.6) is 5.75 Å². The Bertz CT molecular complexity index is 431. The Morgan fingerprint density at radius 2 is 2.00 bits per heavy atom. The highest BCUT2D eigenvalue weighted by molar-refractivity contribution is 5.93. The molecule has 1 N–H and O–H groups in total. The third-order valence-electron chi connectivity index (χ3n) is 2.39. The summed E-state index contributed by atoms with van der Waals surface area (Å²) in [5.74, 6) is -0.556. The van der Waals surface area contributed by atoms with Gasteiger partial charge in [-0.3, -0.25) is 9.59 Å². The summed E-state index contributed by atoms with van der Waals surface area (Å²) in [7, 11) is 0. The Morgan fingerprint density at radius 3 is 2.56 bits per heavy atom. The Balaban J connectivity index is 2.97. The minimum Gasteiger partial charge on any atom is -0.492 e. The fourth-order valence-corrected chi connectivity index (χ4v) is 1.61. The zero-order valence-corrected chi connectivity index (χ0v) is 10.5. The van der Waals surface area contributed by atoms with Crippen LogP contribution >= 0.6 is 0 Å². The second-order valence-electron chi connectivity index (χ2n) is 3.72. The number of hydrogen-bond acceptors (Lipinski definition) is 3. The Labute approximate surface area is 106 Å². The predicted molar refractivity (Wildman–Crippen MR) is 67.9 cm³/mol. The molecule has 98 valence electrons. The van der Waals surface area contributed by atoms with Crippen LogP contribution in [0, 0.1) is 0 Å². The number of carbonyl (C=O) groups is 2. The quantitative estimate of drug-likeness (QED) is 0.838. The third kappa shape index (κ3) is 3.76. The molecule has 0 spiro atoms. The number of hydrogen-bond donors (Lipinski definition) is 1. The van der Waals surface area contributed by atoms with Crippen LogP contribution < -0.4 is 9.64 Å². The molecule has 0 aliphatic rings. The van der Waals surface area contributed by atoms with E-state index in [1.807, 2.05) is 13.0 Å². The minimum absolute atomic E-state index is 0.0972. The first-order valence-electron chi connectivity index (χ1n) is 5.78. The van der Waals surface area contributed by atoms with Gasteiger partial charge in [-0.05, 0) is 19.1 Å². The molecule has 0 aliphatic heterocycles. The van der Waals surface area contributed by atoms with Gasteiger partial charge in [0, 0.05) is 13.5 Å². The molecule has 1 amide bonds. The van der Waals surface area contributed by atoms with Crippen molar-refractivity contribution >= 4 is 17.6 Å². The number of carboxylic acid groups (broad SMARTS) is 1. The maximum atomic E-state index is 11.6. The van der Waals surface area contributed by atoms with E-state index in [1.54, 1.807) is 18.2 Å². The summed E-state index contributed by atoms with van der Waals surface area (Å²) >= 11 is 0. The topological polar surface area (TPSA) is 66.8 Å². The molecular weight excluding hydrogens is 234 g/mol. The normalized spacial score (nSPS) is 9.89. The van der Waals surface area contributed by atoms with Crippen molar-refractivity contribution in [2.45, 2.75) is 20.3 Å². The lowest BCUT2D eigenvalue weighted by atomic mass is 10.2. The summed E-state index contributed by atoms with van der Waals surface area (Å²) in [5, 5.41) is 8.69. The van der Waals surface area contributed by atoms with Crippen molar-refractivity contribution in [3.63, 3.8) is 0 Å². The van der Waals surface area contributed by atoms with Crippen molar-refractivity contribution in [1.82, 2.24) is 0 Å². The Kier molecular flexibility index (Phi) is 5.17. The number of benzene rings is 1. The van der Waals surface area contributed by atoms with Crippen LogP contribution in [-0.4, -0.2) is 30.1 Å². The lowest BCUT2D eigenvalue weighted by Gasteiger charge is -2.22. The van der Waals surface area contributed by atoms with E-state index in [-0.39, 0.29) is 18.9 Å². The molecule has 5 heteroatoms. The van der Waals surface area contributed by atoms with E-state index in [1.165, 1.54) is 11.8 Å². The SMILES string of the molecule is CCOc1ccccc1N(CCC(=O)O)C(C)=O. The molecule has 0 bridgehead atoms. The number of aliphatic carboxylic acids is 1. The van der Waals surface area contributed by atoms with Gasteiger partial charge in [0.25, 0.3) is 0 Å². The van der Waals surface area contributed by atoms with Crippen LogP contribution in [0.25, 0.3) is 0 Å². The van der Waals surface area contributed by atoms with Crippen LogP contribution in [0.2, 0.25) is 0 Å². The smallest absolute Gasteiger partial charge is 0.305 e. The van der Waals surface area contributed by atoms with Crippen molar-refractivity contribution in [1.29, 1.82) is 0 Å². The Morgan fingerprint density at radius 1 is 1.33 bits per heavy atom. The van der Waals surface area contributed by atoms with Gasteiger partial charge in [0.1, 0.15) is 5.75 Å². The van der Waals surface area contributed by atoms with Gasteiger partial charge in [0.05, 0.1) is 18.7 Å². The maximum Gasteiger partial charge on any atom is 0.305 e. The van der Waals surface area contributed by atoms with E-state index in [4.69, 9.17) is 9.84 Å². The van der Waals surface area contributed by atoms with Gasteiger partial charge in [0.15, 0.2) is 0 Å². The van der Waals surface area contributed by atoms with E-state index in [2.05, 4.69) is 0 Å². The van der Waals surface area contributed by atoms with Gasteiger partial charge < -0.3 is 14.7 Å². The molecular formula is C13H17NO4. The molecule has 1 aromatic carbocycles. The van der Waals surface area contributed by atoms with Crippen LogP contribution in [0.4, 0.5) is 5.69 Å². The van der Waals surface area contributed by atoms with E-state index >= 15 is 0 Å². The van der Waals surface area contributed by atoms with Crippen LogP contribution in [0.3, 0.4) is 0 Å². The molecule has 0 saturated heterocycles. The molecule has 0 radical (unpaired) electrons. The minimum atomic E-state index is -0.935. The van der Waals surface area contributed by atoms with Crippen LogP contribution in [0.15, 0.2) is 24.3 Å². The first kappa shape index (κ1) is 14.0. The van der Waals surface area contributed by atoms with Crippen LogP contribution in [0.1, 0.15) is 20.3 Å². The van der Waals surface area contributed by atoms with Gasteiger partial charge in [-0.1, -0.05) is 12.1 Å². The molecule has 1 rings (SSSR count). The number of para-hydroxylation sites is 2. The van der Waals surface area contributed by atoms with Crippen molar-refractivity contribution in [3.05, 3.63) is 24.3 Å². The standard InChI is InChI=1S/C13H17NO4/c1-3-18-12-7-5-4-6-11(12)14(10(2)15)9-8-13(16)17/h4-7H,3,8-9H2,1-2H3,(H,16,17). The molecule has 0 heterocycles. The number of ether oxygens (including phenoxy) is 1. The fourth-order valence-electron chi connectivity index (χ4n) is 1.61. The molecule has 0 aliphatic carbocycles. The summed E-state index contributed by atoms with van der Waals surface area (Å²) in [6.45, 7) is 3.88. The summed E-state index contributed by atoms with van der Waals surface area (Å²) in [6, 6.07) is 7.10. The zero-order valence-electron chi connectivity index (χ0n) is 10.5. The number of nitrogens with zero attached hydrogens (tertiary/aromatic N) is 1. The highest BCUT2D eigenvalue weighted by atomic mass is 16.5. The van der Waals surface area contributed by atoms with Crippen molar-refractivity contribution in [3.8, 4) is 5.75 Å². The number of rotatable bonds is 6. The molecule has 0 unspecified atom stereocenters. The maximum absolute atomic E-state index is 11.6. The second kappa shape index (κ2) is 6.64. The Hall–Kier alpha value is -2.04. The van der Waals surface area contributed by atoms with Crippen molar-refractivity contribution < 1.29 is 19.4 Å². The molecule has 5 nitrogen and oxygen atoms in total. The highest BCUT2D eigenvalue weighted by Crippen LogP contribution is 2.28. The molecule has 0 fully saturated rings. The molecule has 0 atom stereocenters. The lowest BCUT2D eigenvalue weighted by molar-refractivity contribution is -0.136. The number of carboxylic acids is 1. The molecule has 18 heavy (non-hydrogen) atoms. The number of carbonyl (C=O) groups excluding carboxylic acids is 1. The average molecular weight is 251 g/mol. The first-order chi connectivity index (χ1) is 8.56. The van der Waals surface area contributed by atoms with Crippen molar-refractivity contribution in [2.24, 2.45) is 0 Å². The van der Waals surface area contributed by atoms with E-state index in [0.717, 1.165) is 0 Å². The monoisotopic (exact) mass is 251 g/mol. The van der Waals surface area contributed by atoms with Crippen LogP contribution in [-0.2, 0) is 9.59 Å². The summed E-state index contributed by atoms with van der Waals surface area (Å²) in [6.07, 6.45) is -0.0972. The second-order valence-corrected chi connectivity index (χ2v) is 3.72. The summed E-state index contributed by atoms with van der Waals surface area (Å²) in [4.78, 5) is 23.6. The zero-order chi connectivity index (χ0) is 13.5.